The van der Waals surface area contributed by atoms with E-state index in [9.17, 15) is 4.79 Å². The third-order valence-electron chi connectivity index (χ3n) is 3.50. The number of nitrogens with two attached hydrogens (primary N) is 1. The van der Waals surface area contributed by atoms with Gasteiger partial charge in [0.15, 0.2) is 6.10 Å². The Balaban J connectivity index is 1.99. The van der Waals surface area contributed by atoms with Crippen molar-refractivity contribution in [1.29, 1.82) is 0 Å². The number of rotatable bonds is 4. The first-order valence-electron chi connectivity index (χ1n) is 6.62. The summed E-state index contributed by atoms with van der Waals surface area (Å²) in [5.74, 6) is 0.771. The molecule has 0 radical (unpaired) electrons. The Morgan fingerprint density at radius 2 is 2.30 bits per heavy atom. The van der Waals surface area contributed by atoms with Crippen LogP contribution < -0.4 is 10.5 Å². The first-order valence-corrected chi connectivity index (χ1v) is 7.38. The third-order valence-corrected chi connectivity index (χ3v) is 4.30. The van der Waals surface area contributed by atoms with Crippen LogP contribution in [0.25, 0.3) is 0 Å². The average molecular weight is 317 g/mol. The molecule has 6 heteroatoms. The van der Waals surface area contributed by atoms with E-state index >= 15 is 0 Å². The molecule has 0 aliphatic carbocycles. The van der Waals surface area contributed by atoms with Gasteiger partial charge in [-0.3, -0.25) is 4.79 Å². The standard InChI is InChI=1S/C14H18Cl2N2O2/c1-9(14(19)18-6-5-10(7-17)8-18)20-12-4-2-3-11(15)13(12)16/h2-4,9-10H,5-8,17H2,1H3. The monoisotopic (exact) mass is 316 g/mol. The molecule has 0 spiro atoms. The van der Waals surface area contributed by atoms with Crippen LogP contribution in [-0.2, 0) is 4.79 Å². The Kier molecular flexibility index (Phi) is 5.13. The van der Waals surface area contributed by atoms with Crippen molar-refractivity contribution in [3.63, 3.8) is 0 Å². The van der Waals surface area contributed by atoms with Gasteiger partial charge in [0.25, 0.3) is 5.91 Å². The van der Waals surface area contributed by atoms with Crippen LogP contribution in [0.15, 0.2) is 18.2 Å². The summed E-state index contributed by atoms with van der Waals surface area (Å²) in [5, 5.41) is 0.739. The summed E-state index contributed by atoms with van der Waals surface area (Å²) in [6, 6.07) is 5.11. The van der Waals surface area contributed by atoms with Gasteiger partial charge in [-0.2, -0.15) is 0 Å². The van der Waals surface area contributed by atoms with E-state index in [1.165, 1.54) is 0 Å². The maximum Gasteiger partial charge on any atom is 0.263 e. The van der Waals surface area contributed by atoms with E-state index in [2.05, 4.69) is 0 Å². The Morgan fingerprint density at radius 1 is 1.55 bits per heavy atom. The van der Waals surface area contributed by atoms with Gasteiger partial charge < -0.3 is 15.4 Å². The highest BCUT2D eigenvalue weighted by Gasteiger charge is 2.29. The number of halogens is 2. The molecule has 1 aliphatic rings. The molecule has 2 atom stereocenters. The van der Waals surface area contributed by atoms with Crippen LogP contribution in [0.1, 0.15) is 13.3 Å². The van der Waals surface area contributed by atoms with Gasteiger partial charge in [0.1, 0.15) is 10.8 Å². The number of benzene rings is 1. The summed E-state index contributed by atoms with van der Waals surface area (Å²) < 4.78 is 5.63. The number of likely N-dealkylation sites (tertiary alicyclic amines) is 1. The SMILES string of the molecule is CC(Oc1cccc(Cl)c1Cl)C(=O)N1CCC(CN)C1. The fraction of sp³-hybridized carbons (Fsp3) is 0.500. The molecule has 0 aromatic heterocycles. The summed E-state index contributed by atoms with van der Waals surface area (Å²) in [6.07, 6.45) is 0.356. The summed E-state index contributed by atoms with van der Waals surface area (Å²) >= 11 is 12.0. The number of carbonyl (C=O) groups excluding carboxylic acids is 1. The molecule has 4 nitrogen and oxygen atoms in total. The minimum Gasteiger partial charge on any atom is -0.479 e. The first kappa shape index (κ1) is 15.4. The molecule has 2 unspecified atom stereocenters. The zero-order valence-electron chi connectivity index (χ0n) is 11.3. The lowest BCUT2D eigenvalue weighted by molar-refractivity contribution is -0.136. The quantitative estimate of drug-likeness (QED) is 0.928. The molecule has 2 N–H and O–H groups in total. The highest BCUT2D eigenvalue weighted by Crippen LogP contribution is 2.32. The highest BCUT2D eigenvalue weighted by atomic mass is 35.5. The van der Waals surface area contributed by atoms with Crippen LogP contribution in [0.3, 0.4) is 0 Å². The van der Waals surface area contributed by atoms with Crippen molar-refractivity contribution in [2.45, 2.75) is 19.4 Å². The number of amides is 1. The normalized spacial score (nSPS) is 20.0. The lowest BCUT2D eigenvalue weighted by Gasteiger charge is -2.22. The second-order valence-corrected chi connectivity index (χ2v) is 5.77. The Hall–Kier alpha value is -0.970. The van der Waals surface area contributed by atoms with Crippen LogP contribution in [-0.4, -0.2) is 36.5 Å². The average Bonchev–Trinajstić information content (AvgIpc) is 2.91. The Labute approximate surface area is 128 Å². The molecule has 1 saturated heterocycles. The number of hydrogen-bond acceptors (Lipinski definition) is 3. The van der Waals surface area contributed by atoms with Gasteiger partial charge in [-0.05, 0) is 37.9 Å². The van der Waals surface area contributed by atoms with Crippen molar-refractivity contribution in [1.82, 2.24) is 4.90 Å². The van der Waals surface area contributed by atoms with Crippen molar-refractivity contribution in [2.24, 2.45) is 11.7 Å². The van der Waals surface area contributed by atoms with Crippen molar-refractivity contribution < 1.29 is 9.53 Å². The van der Waals surface area contributed by atoms with E-state index in [0.717, 1.165) is 13.0 Å². The van der Waals surface area contributed by atoms with Gasteiger partial charge in [-0.15, -0.1) is 0 Å². The molecule has 1 aromatic carbocycles. The Morgan fingerprint density at radius 3 is 2.95 bits per heavy atom. The van der Waals surface area contributed by atoms with E-state index in [4.69, 9.17) is 33.7 Å². The zero-order chi connectivity index (χ0) is 14.7. The molecule has 1 amide bonds. The molecule has 2 rings (SSSR count). The lowest BCUT2D eigenvalue weighted by Crippen LogP contribution is -2.39. The van der Waals surface area contributed by atoms with Crippen LogP contribution in [0.2, 0.25) is 10.0 Å². The molecule has 1 fully saturated rings. The van der Waals surface area contributed by atoms with Crippen molar-refractivity contribution in [3.05, 3.63) is 28.2 Å². The van der Waals surface area contributed by atoms with Gasteiger partial charge in [0.05, 0.1) is 5.02 Å². The number of ether oxygens (including phenoxy) is 1. The fourth-order valence-corrected chi connectivity index (χ4v) is 2.63. The number of carbonyl (C=O) groups is 1. The van der Waals surface area contributed by atoms with E-state index in [1.54, 1.807) is 30.0 Å². The van der Waals surface area contributed by atoms with E-state index < -0.39 is 6.10 Å². The molecule has 1 aromatic rings. The lowest BCUT2D eigenvalue weighted by atomic mass is 10.1. The van der Waals surface area contributed by atoms with E-state index in [0.29, 0.717) is 34.8 Å². The summed E-state index contributed by atoms with van der Waals surface area (Å²) in [5.41, 5.74) is 5.63. The second-order valence-electron chi connectivity index (χ2n) is 4.99. The minimum atomic E-state index is -0.595. The summed E-state index contributed by atoms with van der Waals surface area (Å²) in [7, 11) is 0. The molecule has 110 valence electrons. The maximum atomic E-state index is 12.3. The van der Waals surface area contributed by atoms with Gasteiger partial charge in [0, 0.05) is 13.1 Å². The molecule has 1 heterocycles. The van der Waals surface area contributed by atoms with Crippen LogP contribution >= 0.6 is 23.2 Å². The van der Waals surface area contributed by atoms with Crippen LogP contribution in [0, 0.1) is 5.92 Å². The molecule has 0 bridgehead atoms. The maximum absolute atomic E-state index is 12.3. The fourth-order valence-electron chi connectivity index (χ4n) is 2.30. The summed E-state index contributed by atoms with van der Waals surface area (Å²) in [6.45, 7) is 3.76. The van der Waals surface area contributed by atoms with Crippen molar-refractivity contribution >= 4 is 29.1 Å². The summed E-state index contributed by atoms with van der Waals surface area (Å²) in [4.78, 5) is 14.1. The Bertz CT molecular complexity index is 496. The van der Waals surface area contributed by atoms with E-state index in [1.807, 2.05) is 0 Å². The smallest absolute Gasteiger partial charge is 0.263 e. The van der Waals surface area contributed by atoms with E-state index in [-0.39, 0.29) is 5.91 Å². The van der Waals surface area contributed by atoms with Gasteiger partial charge >= 0.3 is 0 Å². The zero-order valence-corrected chi connectivity index (χ0v) is 12.8. The molecule has 0 saturated carbocycles. The molecule has 20 heavy (non-hydrogen) atoms. The topological polar surface area (TPSA) is 55.6 Å². The van der Waals surface area contributed by atoms with Crippen molar-refractivity contribution in [3.8, 4) is 5.75 Å². The molecular formula is C14H18Cl2N2O2. The van der Waals surface area contributed by atoms with Crippen molar-refractivity contribution in [2.75, 3.05) is 19.6 Å². The number of nitrogens with zero attached hydrogens (tertiary/aromatic N) is 1. The predicted molar refractivity (Wildman–Crippen MR) is 80.3 cm³/mol. The largest absolute Gasteiger partial charge is 0.479 e. The third kappa shape index (κ3) is 3.37. The first-order chi connectivity index (χ1) is 9.52. The number of hydrogen-bond donors (Lipinski definition) is 1. The highest BCUT2D eigenvalue weighted by molar-refractivity contribution is 6.42. The van der Waals surface area contributed by atoms with Crippen LogP contribution in [0.5, 0.6) is 5.75 Å². The second kappa shape index (κ2) is 6.66. The molecular weight excluding hydrogens is 299 g/mol. The minimum absolute atomic E-state index is 0.0445. The van der Waals surface area contributed by atoms with Crippen LogP contribution in [0.4, 0.5) is 0 Å². The van der Waals surface area contributed by atoms with Gasteiger partial charge in [-0.1, -0.05) is 29.3 Å². The van der Waals surface area contributed by atoms with Gasteiger partial charge in [0.2, 0.25) is 0 Å². The molecule has 1 aliphatic heterocycles. The van der Waals surface area contributed by atoms with Gasteiger partial charge in [-0.25, -0.2) is 0 Å². The predicted octanol–water partition coefficient (Wildman–Crippen LogP) is 2.57.